The van der Waals surface area contributed by atoms with E-state index in [1.165, 1.54) is 12.1 Å². The summed E-state index contributed by atoms with van der Waals surface area (Å²) in [6, 6.07) is 4.75. The van der Waals surface area contributed by atoms with Gasteiger partial charge in [-0.1, -0.05) is 13.8 Å². The maximum Gasteiger partial charge on any atom is 0.124 e. The Labute approximate surface area is 94.3 Å². The van der Waals surface area contributed by atoms with E-state index in [4.69, 9.17) is 5.73 Å². The van der Waals surface area contributed by atoms with E-state index < -0.39 is 0 Å². The molecule has 0 aliphatic rings. The summed E-state index contributed by atoms with van der Waals surface area (Å²) in [4.78, 5) is 4.53. The van der Waals surface area contributed by atoms with Crippen LogP contribution in [-0.2, 0) is 0 Å². The first kappa shape index (κ1) is 10.9. The van der Waals surface area contributed by atoms with Crippen LogP contribution in [0.3, 0.4) is 0 Å². The molecule has 0 unspecified atom stereocenters. The lowest BCUT2D eigenvalue weighted by Crippen LogP contribution is -1.99. The summed E-state index contributed by atoms with van der Waals surface area (Å²) < 4.78 is 13.3. The molecule has 0 radical (unpaired) electrons. The van der Waals surface area contributed by atoms with Gasteiger partial charge in [0, 0.05) is 16.8 Å². The van der Waals surface area contributed by atoms with Crippen LogP contribution in [0.25, 0.3) is 10.9 Å². The van der Waals surface area contributed by atoms with E-state index in [1.54, 1.807) is 0 Å². The number of nitrogen functional groups attached to an aromatic ring is 1. The number of aryl methyl sites for hydroxylation is 1. The molecule has 0 fully saturated rings. The first-order valence-electron chi connectivity index (χ1n) is 5.35. The van der Waals surface area contributed by atoms with Crippen molar-refractivity contribution in [1.29, 1.82) is 0 Å². The van der Waals surface area contributed by atoms with Gasteiger partial charge < -0.3 is 5.73 Å². The third-order valence-corrected chi connectivity index (χ3v) is 2.71. The Balaban J connectivity index is 2.82. The van der Waals surface area contributed by atoms with Crippen LogP contribution >= 0.6 is 0 Å². The number of hydrogen-bond acceptors (Lipinski definition) is 2. The minimum Gasteiger partial charge on any atom is -0.398 e. The van der Waals surface area contributed by atoms with Crippen LogP contribution in [-0.4, -0.2) is 4.98 Å². The van der Waals surface area contributed by atoms with Gasteiger partial charge in [0.25, 0.3) is 0 Å². The first-order valence-corrected chi connectivity index (χ1v) is 5.35. The molecule has 16 heavy (non-hydrogen) atoms. The molecule has 2 nitrogen and oxygen atoms in total. The van der Waals surface area contributed by atoms with Crippen molar-refractivity contribution in [2.24, 2.45) is 0 Å². The van der Waals surface area contributed by atoms with E-state index >= 15 is 0 Å². The van der Waals surface area contributed by atoms with Crippen molar-refractivity contribution in [3.05, 3.63) is 35.3 Å². The number of fused-ring (bicyclic) bond motifs is 1. The Hall–Kier alpha value is -1.64. The highest BCUT2D eigenvalue weighted by Gasteiger charge is 2.09. The molecule has 3 heteroatoms. The van der Waals surface area contributed by atoms with Gasteiger partial charge in [0.1, 0.15) is 5.82 Å². The smallest absolute Gasteiger partial charge is 0.124 e. The number of pyridine rings is 1. The molecular formula is C13H15FN2. The number of halogens is 1. The molecule has 84 valence electrons. The zero-order chi connectivity index (χ0) is 11.9. The molecule has 0 aliphatic carbocycles. The highest BCUT2D eigenvalue weighted by atomic mass is 19.1. The van der Waals surface area contributed by atoms with Gasteiger partial charge in [-0.05, 0) is 36.6 Å². The third kappa shape index (κ3) is 1.73. The number of nitrogens with zero attached hydrogens (tertiary/aromatic N) is 1. The van der Waals surface area contributed by atoms with Gasteiger partial charge in [0.05, 0.1) is 5.52 Å². The van der Waals surface area contributed by atoms with Gasteiger partial charge in [-0.25, -0.2) is 4.39 Å². The molecule has 0 saturated heterocycles. The molecule has 0 atom stereocenters. The molecule has 2 aromatic rings. The quantitative estimate of drug-likeness (QED) is 0.796. The van der Waals surface area contributed by atoms with Crippen molar-refractivity contribution >= 4 is 16.6 Å². The summed E-state index contributed by atoms with van der Waals surface area (Å²) in [5.74, 6) is 0.0481. The van der Waals surface area contributed by atoms with E-state index in [0.29, 0.717) is 17.0 Å². The van der Waals surface area contributed by atoms with Crippen LogP contribution in [0.1, 0.15) is 31.0 Å². The molecule has 0 amide bonds. The lowest BCUT2D eigenvalue weighted by atomic mass is 10.0. The predicted molar refractivity (Wildman–Crippen MR) is 64.9 cm³/mol. The van der Waals surface area contributed by atoms with Gasteiger partial charge in [0.2, 0.25) is 0 Å². The van der Waals surface area contributed by atoms with Crippen LogP contribution < -0.4 is 5.73 Å². The van der Waals surface area contributed by atoms with Crippen LogP contribution in [0.2, 0.25) is 0 Å². The van der Waals surface area contributed by atoms with E-state index in [2.05, 4.69) is 18.8 Å². The van der Waals surface area contributed by atoms with Gasteiger partial charge >= 0.3 is 0 Å². The highest BCUT2D eigenvalue weighted by molar-refractivity contribution is 5.92. The molecule has 2 N–H and O–H groups in total. The van der Waals surface area contributed by atoms with Crippen molar-refractivity contribution in [2.75, 3.05) is 5.73 Å². The number of anilines is 1. The maximum absolute atomic E-state index is 13.3. The second-order valence-electron chi connectivity index (χ2n) is 4.41. The standard InChI is InChI=1S/C13H15FN2/c1-7(2)12-6-11(15)10-5-9(14)4-8(3)13(10)16-12/h4-7H,1-3H3,(H2,15,16). The molecular weight excluding hydrogens is 203 g/mol. The minimum atomic E-state index is -0.268. The average Bonchev–Trinajstić information content (AvgIpc) is 2.19. The molecule has 0 spiro atoms. The average molecular weight is 218 g/mol. The Kier molecular flexibility index (Phi) is 2.54. The molecule has 0 saturated carbocycles. The summed E-state index contributed by atoms with van der Waals surface area (Å²) in [5, 5.41) is 0.696. The van der Waals surface area contributed by atoms with E-state index in [-0.39, 0.29) is 5.82 Å². The molecule has 1 heterocycles. The van der Waals surface area contributed by atoms with Crippen molar-refractivity contribution in [3.63, 3.8) is 0 Å². The molecule has 0 bridgehead atoms. The van der Waals surface area contributed by atoms with Gasteiger partial charge in [0.15, 0.2) is 0 Å². The summed E-state index contributed by atoms with van der Waals surface area (Å²) in [6.45, 7) is 5.97. The fourth-order valence-corrected chi connectivity index (χ4v) is 1.80. The third-order valence-electron chi connectivity index (χ3n) is 2.71. The van der Waals surface area contributed by atoms with Crippen LogP contribution in [0.5, 0.6) is 0 Å². The van der Waals surface area contributed by atoms with Crippen LogP contribution in [0.15, 0.2) is 18.2 Å². The molecule has 2 rings (SSSR count). The Morgan fingerprint density at radius 1 is 1.25 bits per heavy atom. The normalized spacial score (nSPS) is 11.3. The number of benzene rings is 1. The minimum absolute atomic E-state index is 0.268. The van der Waals surface area contributed by atoms with Gasteiger partial charge in [-0.3, -0.25) is 4.98 Å². The largest absolute Gasteiger partial charge is 0.398 e. The predicted octanol–water partition coefficient (Wildman–Crippen LogP) is 3.39. The number of hydrogen-bond donors (Lipinski definition) is 1. The second-order valence-corrected chi connectivity index (χ2v) is 4.41. The Bertz CT molecular complexity index is 547. The van der Waals surface area contributed by atoms with Gasteiger partial charge in [-0.15, -0.1) is 0 Å². The van der Waals surface area contributed by atoms with Crippen molar-refractivity contribution in [3.8, 4) is 0 Å². The zero-order valence-electron chi connectivity index (χ0n) is 9.71. The van der Waals surface area contributed by atoms with Crippen LogP contribution in [0, 0.1) is 12.7 Å². The van der Waals surface area contributed by atoms with E-state index in [1.807, 2.05) is 13.0 Å². The molecule has 1 aromatic carbocycles. The van der Waals surface area contributed by atoms with Gasteiger partial charge in [-0.2, -0.15) is 0 Å². The lowest BCUT2D eigenvalue weighted by molar-refractivity contribution is 0.628. The SMILES string of the molecule is Cc1cc(F)cc2c(N)cc(C(C)C)nc12. The zero-order valence-corrected chi connectivity index (χ0v) is 9.71. The number of rotatable bonds is 1. The van der Waals surface area contributed by atoms with E-state index in [9.17, 15) is 4.39 Å². The summed E-state index contributed by atoms with van der Waals surface area (Å²) in [7, 11) is 0. The summed E-state index contributed by atoms with van der Waals surface area (Å²) >= 11 is 0. The topological polar surface area (TPSA) is 38.9 Å². The molecule has 0 aliphatic heterocycles. The van der Waals surface area contributed by atoms with Crippen molar-refractivity contribution < 1.29 is 4.39 Å². The van der Waals surface area contributed by atoms with Crippen molar-refractivity contribution in [2.45, 2.75) is 26.7 Å². The second kappa shape index (κ2) is 3.74. The van der Waals surface area contributed by atoms with E-state index in [0.717, 1.165) is 16.8 Å². The summed E-state index contributed by atoms with van der Waals surface area (Å²) in [5.41, 5.74) is 9.08. The first-order chi connectivity index (χ1) is 7.49. The maximum atomic E-state index is 13.3. The Morgan fingerprint density at radius 3 is 2.56 bits per heavy atom. The number of aromatic nitrogens is 1. The van der Waals surface area contributed by atoms with Crippen LogP contribution in [0.4, 0.5) is 10.1 Å². The Morgan fingerprint density at radius 2 is 1.94 bits per heavy atom. The highest BCUT2D eigenvalue weighted by Crippen LogP contribution is 2.27. The lowest BCUT2D eigenvalue weighted by Gasteiger charge is -2.10. The number of nitrogens with two attached hydrogens (primary N) is 1. The monoisotopic (exact) mass is 218 g/mol. The fraction of sp³-hybridized carbons (Fsp3) is 0.308. The fourth-order valence-electron chi connectivity index (χ4n) is 1.80. The molecule has 1 aromatic heterocycles. The van der Waals surface area contributed by atoms with Crippen molar-refractivity contribution in [1.82, 2.24) is 4.98 Å². The summed E-state index contributed by atoms with van der Waals surface area (Å²) in [6.07, 6.45) is 0.